The Morgan fingerprint density at radius 1 is 1.00 bits per heavy atom. The molecule has 2 aromatic carbocycles. The Morgan fingerprint density at radius 3 is 2.43 bits per heavy atom. The van der Waals surface area contributed by atoms with Crippen LogP contribution >= 0.6 is 0 Å². The van der Waals surface area contributed by atoms with Gasteiger partial charge in [0, 0.05) is 0 Å². The summed E-state index contributed by atoms with van der Waals surface area (Å²) in [5.74, 6) is -0.217. The quantitative estimate of drug-likeness (QED) is 0.809. The highest BCUT2D eigenvalue weighted by Gasteiger charge is 2.11. The fraction of sp³-hybridized carbons (Fsp3) is 0.300. The van der Waals surface area contributed by atoms with Gasteiger partial charge in [-0.15, -0.1) is 0 Å². The first-order valence-electron chi connectivity index (χ1n) is 8.00. The van der Waals surface area contributed by atoms with Crippen LogP contribution in [0, 0.1) is 11.3 Å². The highest BCUT2D eigenvalue weighted by atomic mass is 16.5. The molecular weight excluding hydrogens is 286 g/mol. The maximum absolute atomic E-state index is 12.0. The summed E-state index contributed by atoms with van der Waals surface area (Å²) in [6, 6.07) is 15.5. The van der Waals surface area contributed by atoms with Crippen LogP contribution in [-0.2, 0) is 35.4 Å². The van der Waals surface area contributed by atoms with Gasteiger partial charge in [0.2, 0.25) is 0 Å². The minimum Gasteiger partial charge on any atom is -0.461 e. The van der Waals surface area contributed by atoms with Gasteiger partial charge in [0.15, 0.2) is 0 Å². The molecule has 23 heavy (non-hydrogen) atoms. The zero-order chi connectivity index (χ0) is 16.1. The average molecular weight is 305 g/mol. The molecule has 3 heteroatoms. The van der Waals surface area contributed by atoms with Crippen LogP contribution in [0.5, 0.6) is 0 Å². The molecule has 116 valence electrons. The normalized spacial score (nSPS) is 13.0. The third-order valence-corrected chi connectivity index (χ3v) is 4.24. The lowest BCUT2D eigenvalue weighted by molar-refractivity contribution is -0.144. The van der Waals surface area contributed by atoms with E-state index in [1.807, 2.05) is 18.2 Å². The summed E-state index contributed by atoms with van der Waals surface area (Å²) in [5, 5.41) is 8.76. The van der Waals surface area contributed by atoms with Crippen LogP contribution in [0.25, 0.3) is 0 Å². The molecule has 0 saturated heterocycles. The van der Waals surface area contributed by atoms with Gasteiger partial charge in [-0.05, 0) is 60.1 Å². The van der Waals surface area contributed by atoms with Crippen LogP contribution < -0.4 is 0 Å². The van der Waals surface area contributed by atoms with E-state index in [1.165, 1.54) is 24.0 Å². The molecule has 0 aliphatic heterocycles. The molecule has 0 N–H and O–H groups in total. The third-order valence-electron chi connectivity index (χ3n) is 4.24. The predicted octanol–water partition coefficient (Wildman–Crippen LogP) is 3.72. The van der Waals surface area contributed by atoms with E-state index in [4.69, 9.17) is 10.00 Å². The average Bonchev–Trinajstić information content (AvgIpc) is 2.60. The van der Waals surface area contributed by atoms with E-state index >= 15 is 0 Å². The Hall–Kier alpha value is -2.60. The number of fused-ring (bicyclic) bond motifs is 1. The maximum Gasteiger partial charge on any atom is 0.310 e. The SMILES string of the molecule is N#Cc1ccc(COC(=O)Cc2ccc3c(c2)CCCC3)cc1. The monoisotopic (exact) mass is 305 g/mol. The molecule has 3 rings (SSSR count). The van der Waals surface area contributed by atoms with E-state index in [0.29, 0.717) is 12.0 Å². The Balaban J connectivity index is 1.55. The number of esters is 1. The van der Waals surface area contributed by atoms with Crippen molar-refractivity contribution in [2.45, 2.75) is 38.7 Å². The minimum atomic E-state index is -0.217. The molecule has 0 fully saturated rings. The highest BCUT2D eigenvalue weighted by Crippen LogP contribution is 2.22. The van der Waals surface area contributed by atoms with Crippen LogP contribution in [0.15, 0.2) is 42.5 Å². The maximum atomic E-state index is 12.0. The number of ether oxygens (including phenoxy) is 1. The first-order chi connectivity index (χ1) is 11.2. The second kappa shape index (κ2) is 7.11. The van der Waals surface area contributed by atoms with Crippen LogP contribution in [0.3, 0.4) is 0 Å². The summed E-state index contributed by atoms with van der Waals surface area (Å²) in [6.07, 6.45) is 5.07. The van der Waals surface area contributed by atoms with Crippen molar-refractivity contribution in [1.82, 2.24) is 0 Å². The summed E-state index contributed by atoms with van der Waals surface area (Å²) in [5.41, 5.74) is 5.33. The second-order valence-corrected chi connectivity index (χ2v) is 5.96. The standard InChI is InChI=1S/C20H19NO2/c21-13-15-5-7-16(8-6-15)14-23-20(22)12-17-9-10-18-3-1-2-4-19(18)11-17/h5-11H,1-4,12,14H2. The number of rotatable bonds is 4. The molecule has 1 aliphatic carbocycles. The van der Waals surface area contributed by atoms with Crippen molar-refractivity contribution in [3.05, 3.63) is 70.3 Å². The topological polar surface area (TPSA) is 50.1 Å². The van der Waals surface area contributed by atoms with E-state index < -0.39 is 0 Å². The third kappa shape index (κ3) is 3.98. The van der Waals surface area contributed by atoms with E-state index in [1.54, 1.807) is 12.1 Å². The Morgan fingerprint density at radius 2 is 1.70 bits per heavy atom. The Labute approximate surface area is 136 Å². The van der Waals surface area contributed by atoms with E-state index in [9.17, 15) is 4.79 Å². The van der Waals surface area contributed by atoms with Crippen molar-refractivity contribution in [3.8, 4) is 6.07 Å². The molecule has 0 amide bonds. The van der Waals surface area contributed by atoms with E-state index in [0.717, 1.165) is 24.0 Å². The Kier molecular flexibility index (Phi) is 4.73. The van der Waals surface area contributed by atoms with Crippen molar-refractivity contribution in [2.75, 3.05) is 0 Å². The molecule has 0 spiro atoms. The lowest BCUT2D eigenvalue weighted by atomic mass is 9.90. The van der Waals surface area contributed by atoms with Crippen molar-refractivity contribution in [2.24, 2.45) is 0 Å². The van der Waals surface area contributed by atoms with Gasteiger partial charge < -0.3 is 4.74 Å². The van der Waals surface area contributed by atoms with Gasteiger partial charge in [0.05, 0.1) is 18.1 Å². The highest BCUT2D eigenvalue weighted by molar-refractivity contribution is 5.72. The molecule has 0 heterocycles. The lowest BCUT2D eigenvalue weighted by Crippen LogP contribution is -2.09. The van der Waals surface area contributed by atoms with Crippen LogP contribution in [0.1, 0.15) is 40.7 Å². The molecule has 0 bridgehead atoms. The number of carbonyl (C=O) groups is 1. The minimum absolute atomic E-state index is 0.217. The predicted molar refractivity (Wildman–Crippen MR) is 87.7 cm³/mol. The molecule has 0 atom stereocenters. The molecule has 0 saturated carbocycles. The summed E-state index contributed by atoms with van der Waals surface area (Å²) in [6.45, 7) is 0.246. The molecular formula is C20H19NO2. The first kappa shape index (κ1) is 15.3. The van der Waals surface area contributed by atoms with E-state index in [-0.39, 0.29) is 12.6 Å². The van der Waals surface area contributed by atoms with E-state index in [2.05, 4.69) is 18.2 Å². The summed E-state index contributed by atoms with van der Waals surface area (Å²) in [7, 11) is 0. The fourth-order valence-corrected chi connectivity index (χ4v) is 2.95. The summed E-state index contributed by atoms with van der Waals surface area (Å²) < 4.78 is 5.33. The molecule has 2 aromatic rings. The molecule has 0 radical (unpaired) electrons. The molecule has 0 unspecified atom stereocenters. The number of carbonyl (C=O) groups excluding carboxylic acids is 1. The van der Waals surface area contributed by atoms with Crippen molar-refractivity contribution in [1.29, 1.82) is 5.26 Å². The van der Waals surface area contributed by atoms with Gasteiger partial charge in [0.1, 0.15) is 6.61 Å². The number of hydrogen-bond donors (Lipinski definition) is 0. The van der Waals surface area contributed by atoms with Crippen LogP contribution in [-0.4, -0.2) is 5.97 Å². The number of nitriles is 1. The van der Waals surface area contributed by atoms with Gasteiger partial charge in [-0.25, -0.2) is 0 Å². The smallest absolute Gasteiger partial charge is 0.310 e. The first-order valence-corrected chi connectivity index (χ1v) is 8.00. The molecule has 1 aliphatic rings. The van der Waals surface area contributed by atoms with Gasteiger partial charge >= 0.3 is 5.97 Å². The van der Waals surface area contributed by atoms with Gasteiger partial charge in [-0.2, -0.15) is 5.26 Å². The lowest BCUT2D eigenvalue weighted by Gasteiger charge is -2.16. The molecule has 0 aromatic heterocycles. The zero-order valence-corrected chi connectivity index (χ0v) is 13.0. The number of hydrogen-bond acceptors (Lipinski definition) is 3. The largest absolute Gasteiger partial charge is 0.461 e. The number of nitrogens with zero attached hydrogens (tertiary/aromatic N) is 1. The van der Waals surface area contributed by atoms with Crippen LogP contribution in [0.2, 0.25) is 0 Å². The summed E-state index contributed by atoms with van der Waals surface area (Å²) in [4.78, 5) is 12.0. The van der Waals surface area contributed by atoms with Crippen molar-refractivity contribution in [3.63, 3.8) is 0 Å². The molecule has 3 nitrogen and oxygen atoms in total. The Bertz CT molecular complexity index is 741. The number of aryl methyl sites for hydroxylation is 2. The zero-order valence-electron chi connectivity index (χ0n) is 13.0. The number of benzene rings is 2. The fourth-order valence-electron chi connectivity index (χ4n) is 2.95. The van der Waals surface area contributed by atoms with Crippen molar-refractivity contribution >= 4 is 5.97 Å². The van der Waals surface area contributed by atoms with Crippen molar-refractivity contribution < 1.29 is 9.53 Å². The second-order valence-electron chi connectivity index (χ2n) is 5.96. The van der Waals surface area contributed by atoms with Gasteiger partial charge in [-0.3, -0.25) is 4.79 Å². The van der Waals surface area contributed by atoms with Crippen LogP contribution in [0.4, 0.5) is 0 Å². The van der Waals surface area contributed by atoms with Gasteiger partial charge in [-0.1, -0.05) is 30.3 Å². The summed E-state index contributed by atoms with van der Waals surface area (Å²) >= 11 is 0. The van der Waals surface area contributed by atoms with Gasteiger partial charge in [0.25, 0.3) is 0 Å².